The normalized spacial score (nSPS) is 19.9. The lowest BCUT2D eigenvalue weighted by atomic mass is 10.4. The van der Waals surface area contributed by atoms with E-state index in [1.54, 1.807) is 0 Å². The molecule has 1 aromatic heterocycles. The number of aromatic nitrogens is 3. The molecule has 2 aliphatic heterocycles. The van der Waals surface area contributed by atoms with Gasteiger partial charge in [-0.05, 0) is 12.8 Å². The second-order valence-electron chi connectivity index (χ2n) is 4.20. The maximum Gasteiger partial charge on any atom is 0.291 e. The Labute approximate surface area is 93.6 Å². The van der Waals surface area contributed by atoms with Crippen molar-refractivity contribution >= 4 is 5.91 Å². The fraction of sp³-hybridized carbons (Fsp3) is 0.700. The molecule has 1 aromatic rings. The Bertz CT molecular complexity index is 407. The van der Waals surface area contributed by atoms with Crippen LogP contribution in [0.15, 0.2) is 0 Å². The number of rotatable bonds is 1. The summed E-state index contributed by atoms with van der Waals surface area (Å²) in [6, 6.07) is 0. The topological polar surface area (TPSA) is 65.1 Å². The van der Waals surface area contributed by atoms with Crippen LogP contribution in [0.5, 0.6) is 0 Å². The van der Waals surface area contributed by atoms with Crippen LogP contribution >= 0.6 is 0 Å². The van der Waals surface area contributed by atoms with Crippen LogP contribution in [-0.4, -0.2) is 45.2 Å². The van der Waals surface area contributed by atoms with Crippen molar-refractivity contribution in [1.82, 2.24) is 25.0 Å². The van der Waals surface area contributed by atoms with E-state index in [0.717, 1.165) is 44.8 Å². The summed E-state index contributed by atoms with van der Waals surface area (Å²) in [6.07, 6.45) is 2.20. The van der Waals surface area contributed by atoms with Crippen molar-refractivity contribution in [2.24, 2.45) is 0 Å². The molecule has 6 heteroatoms. The molecule has 2 aliphatic rings. The molecular formula is C10H14N5O. The van der Waals surface area contributed by atoms with E-state index < -0.39 is 0 Å². The zero-order chi connectivity index (χ0) is 11.0. The molecule has 0 bridgehead atoms. The van der Waals surface area contributed by atoms with Crippen molar-refractivity contribution in [1.29, 1.82) is 0 Å². The average molecular weight is 220 g/mol. The average Bonchev–Trinajstić information content (AvgIpc) is 2.98. The van der Waals surface area contributed by atoms with Crippen molar-refractivity contribution in [2.45, 2.75) is 25.9 Å². The first-order valence-corrected chi connectivity index (χ1v) is 5.71. The zero-order valence-electron chi connectivity index (χ0n) is 9.09. The number of likely N-dealkylation sites (tertiary alicyclic amines) is 1. The van der Waals surface area contributed by atoms with E-state index >= 15 is 0 Å². The molecule has 0 spiro atoms. The van der Waals surface area contributed by atoms with E-state index in [2.05, 4.69) is 15.5 Å². The number of hydrogen-bond donors (Lipinski definition) is 0. The van der Waals surface area contributed by atoms with Gasteiger partial charge in [-0.15, -0.1) is 10.2 Å². The molecule has 0 aromatic carbocycles. The molecule has 3 heterocycles. The quantitative estimate of drug-likeness (QED) is 0.648. The fourth-order valence-electron chi connectivity index (χ4n) is 2.26. The van der Waals surface area contributed by atoms with Gasteiger partial charge in [0.15, 0.2) is 0 Å². The number of nitrogens with zero attached hydrogens (tertiary/aromatic N) is 5. The van der Waals surface area contributed by atoms with E-state index in [9.17, 15) is 4.79 Å². The molecule has 1 amide bonds. The predicted octanol–water partition coefficient (Wildman–Crippen LogP) is -0.368. The van der Waals surface area contributed by atoms with Gasteiger partial charge in [0.1, 0.15) is 5.82 Å². The second kappa shape index (κ2) is 3.86. The predicted molar refractivity (Wildman–Crippen MR) is 55.9 cm³/mol. The van der Waals surface area contributed by atoms with Gasteiger partial charge >= 0.3 is 0 Å². The first-order valence-electron chi connectivity index (χ1n) is 5.71. The Morgan fingerprint density at radius 1 is 1.12 bits per heavy atom. The molecule has 85 valence electrons. The molecule has 1 saturated heterocycles. The lowest BCUT2D eigenvalue weighted by Gasteiger charge is -2.18. The lowest BCUT2D eigenvalue weighted by Crippen LogP contribution is -2.32. The summed E-state index contributed by atoms with van der Waals surface area (Å²) < 4.78 is 1.91. The third kappa shape index (κ3) is 1.49. The molecule has 1 radical (unpaired) electrons. The minimum absolute atomic E-state index is 0.0261. The Balaban J connectivity index is 1.88. The smallest absolute Gasteiger partial charge is 0.291 e. The van der Waals surface area contributed by atoms with Crippen LogP contribution in [0.1, 0.15) is 29.3 Å². The molecule has 0 N–H and O–H groups in total. The molecular weight excluding hydrogens is 206 g/mol. The molecule has 16 heavy (non-hydrogen) atoms. The fourth-order valence-corrected chi connectivity index (χ4v) is 2.26. The summed E-state index contributed by atoms with van der Waals surface area (Å²) in [5, 5.41) is 12.3. The van der Waals surface area contributed by atoms with Gasteiger partial charge in [0.25, 0.3) is 5.91 Å². The summed E-state index contributed by atoms with van der Waals surface area (Å²) in [5.41, 5.74) is 0. The van der Waals surface area contributed by atoms with Crippen LogP contribution in [0, 0.1) is 0 Å². The molecule has 1 fully saturated rings. The van der Waals surface area contributed by atoms with Crippen molar-refractivity contribution < 1.29 is 4.79 Å². The van der Waals surface area contributed by atoms with Gasteiger partial charge < -0.3 is 9.47 Å². The summed E-state index contributed by atoms with van der Waals surface area (Å²) in [6.45, 7) is 3.78. The van der Waals surface area contributed by atoms with Gasteiger partial charge in [-0.3, -0.25) is 4.79 Å². The standard InChI is InChI=1S/C10H14N5O/c16-10(14-4-1-2-5-14)9-13-12-8-7-11-3-6-15(8)9/h1-7H2. The third-order valence-corrected chi connectivity index (χ3v) is 3.15. The van der Waals surface area contributed by atoms with Crippen LogP contribution in [0.25, 0.3) is 0 Å². The highest BCUT2D eigenvalue weighted by atomic mass is 16.2. The van der Waals surface area contributed by atoms with Crippen LogP contribution in [0.4, 0.5) is 0 Å². The SMILES string of the molecule is O=C(c1nnc2n1CC[N]C2)N1CCCC1. The molecule has 0 atom stereocenters. The van der Waals surface area contributed by atoms with Crippen molar-refractivity contribution in [3.63, 3.8) is 0 Å². The van der Waals surface area contributed by atoms with Crippen LogP contribution in [0.2, 0.25) is 0 Å². The van der Waals surface area contributed by atoms with Crippen LogP contribution in [0.3, 0.4) is 0 Å². The van der Waals surface area contributed by atoms with Crippen molar-refractivity contribution in [3.8, 4) is 0 Å². The molecule has 0 saturated carbocycles. The molecule has 3 rings (SSSR count). The minimum Gasteiger partial charge on any atom is -0.336 e. The molecule has 0 unspecified atom stereocenters. The van der Waals surface area contributed by atoms with Crippen LogP contribution < -0.4 is 5.32 Å². The first kappa shape index (κ1) is 9.77. The third-order valence-electron chi connectivity index (χ3n) is 3.15. The van der Waals surface area contributed by atoms with E-state index in [-0.39, 0.29) is 5.91 Å². The monoisotopic (exact) mass is 220 g/mol. The van der Waals surface area contributed by atoms with E-state index in [1.165, 1.54) is 0 Å². The van der Waals surface area contributed by atoms with Crippen molar-refractivity contribution in [2.75, 3.05) is 19.6 Å². The summed E-state index contributed by atoms with van der Waals surface area (Å²) >= 11 is 0. The Morgan fingerprint density at radius 2 is 1.94 bits per heavy atom. The van der Waals surface area contributed by atoms with Gasteiger partial charge in [-0.1, -0.05) is 0 Å². The highest BCUT2D eigenvalue weighted by Crippen LogP contribution is 2.13. The number of carbonyl (C=O) groups is 1. The van der Waals surface area contributed by atoms with Gasteiger partial charge in [-0.2, -0.15) is 0 Å². The zero-order valence-corrected chi connectivity index (χ0v) is 9.09. The Morgan fingerprint density at radius 3 is 2.75 bits per heavy atom. The molecule has 0 aliphatic carbocycles. The van der Waals surface area contributed by atoms with E-state index in [1.807, 2.05) is 9.47 Å². The van der Waals surface area contributed by atoms with Gasteiger partial charge in [0.2, 0.25) is 5.82 Å². The first-order chi connectivity index (χ1) is 7.86. The summed E-state index contributed by atoms with van der Waals surface area (Å²) in [4.78, 5) is 14.0. The maximum absolute atomic E-state index is 12.2. The minimum atomic E-state index is 0.0261. The van der Waals surface area contributed by atoms with E-state index in [4.69, 9.17) is 0 Å². The Kier molecular flexibility index (Phi) is 2.36. The number of fused-ring (bicyclic) bond motifs is 1. The van der Waals surface area contributed by atoms with E-state index in [0.29, 0.717) is 12.4 Å². The van der Waals surface area contributed by atoms with Gasteiger partial charge in [0, 0.05) is 26.2 Å². The lowest BCUT2D eigenvalue weighted by molar-refractivity contribution is 0.0774. The number of hydrogen-bond acceptors (Lipinski definition) is 3. The highest BCUT2D eigenvalue weighted by molar-refractivity contribution is 5.90. The Hall–Kier alpha value is -1.43. The number of amides is 1. The summed E-state index contributed by atoms with van der Waals surface area (Å²) in [7, 11) is 0. The van der Waals surface area contributed by atoms with Gasteiger partial charge in [-0.25, -0.2) is 5.32 Å². The largest absolute Gasteiger partial charge is 0.336 e. The van der Waals surface area contributed by atoms with Gasteiger partial charge in [0.05, 0.1) is 6.54 Å². The van der Waals surface area contributed by atoms with Crippen molar-refractivity contribution in [3.05, 3.63) is 11.6 Å². The maximum atomic E-state index is 12.2. The highest BCUT2D eigenvalue weighted by Gasteiger charge is 2.26. The number of carbonyl (C=O) groups excluding carboxylic acids is 1. The molecule has 6 nitrogen and oxygen atoms in total. The second-order valence-corrected chi connectivity index (χ2v) is 4.20. The van der Waals surface area contributed by atoms with Crippen LogP contribution in [-0.2, 0) is 13.1 Å². The summed E-state index contributed by atoms with van der Waals surface area (Å²) in [5.74, 6) is 1.33.